The van der Waals surface area contributed by atoms with Gasteiger partial charge in [-0.05, 0) is 38.1 Å². The second-order valence-corrected chi connectivity index (χ2v) is 4.19. The molecule has 66 valence electrons. The fraction of sp³-hybridized carbons (Fsp3) is 0.333. The molecule has 0 aromatic heterocycles. The van der Waals surface area contributed by atoms with Crippen LogP contribution in [-0.2, 0) is 0 Å². The summed E-state index contributed by atoms with van der Waals surface area (Å²) in [5.74, 6) is 0.782. The molecule has 1 rings (SSSR count). The van der Waals surface area contributed by atoms with Gasteiger partial charge >= 0.3 is 0 Å². The number of anilines is 1. The van der Waals surface area contributed by atoms with Gasteiger partial charge in [-0.15, -0.1) is 12.6 Å². The number of ether oxygens (including phenoxy) is 1. The van der Waals surface area contributed by atoms with Crippen molar-refractivity contribution < 1.29 is 4.74 Å². The second kappa shape index (κ2) is 3.27. The van der Waals surface area contributed by atoms with E-state index in [1.54, 1.807) is 12.1 Å². The molecule has 0 spiro atoms. The Labute approximate surface area is 78.1 Å². The zero-order chi connectivity index (χ0) is 9.19. The number of rotatable bonds is 2. The SMILES string of the molecule is CC(C)(S)Oc1ccc(N)cc1. The lowest BCUT2D eigenvalue weighted by Gasteiger charge is -2.19. The van der Waals surface area contributed by atoms with Crippen molar-refractivity contribution in [1.29, 1.82) is 0 Å². The number of benzene rings is 1. The van der Waals surface area contributed by atoms with Crippen LogP contribution >= 0.6 is 12.6 Å². The molecule has 0 heterocycles. The Morgan fingerprint density at radius 1 is 1.25 bits per heavy atom. The Kier molecular flexibility index (Phi) is 2.52. The average molecular weight is 183 g/mol. The van der Waals surface area contributed by atoms with Crippen LogP contribution in [0.25, 0.3) is 0 Å². The van der Waals surface area contributed by atoms with Crippen LogP contribution in [0.5, 0.6) is 5.75 Å². The zero-order valence-electron chi connectivity index (χ0n) is 7.24. The van der Waals surface area contributed by atoms with Crippen LogP contribution in [0, 0.1) is 0 Å². The molecule has 0 aliphatic carbocycles. The fourth-order valence-corrected chi connectivity index (χ4v) is 0.930. The van der Waals surface area contributed by atoms with Gasteiger partial charge in [0.25, 0.3) is 0 Å². The molecule has 0 amide bonds. The molecule has 0 atom stereocenters. The largest absolute Gasteiger partial charge is 0.477 e. The van der Waals surface area contributed by atoms with Crippen LogP contribution in [0.15, 0.2) is 24.3 Å². The molecule has 2 nitrogen and oxygen atoms in total. The van der Waals surface area contributed by atoms with Crippen molar-refractivity contribution in [3.05, 3.63) is 24.3 Å². The third-order valence-corrected chi connectivity index (χ3v) is 1.34. The molecule has 0 unspecified atom stereocenters. The van der Waals surface area contributed by atoms with Gasteiger partial charge in [-0.25, -0.2) is 0 Å². The van der Waals surface area contributed by atoms with E-state index in [9.17, 15) is 0 Å². The molecule has 0 radical (unpaired) electrons. The van der Waals surface area contributed by atoms with Gasteiger partial charge in [0.2, 0.25) is 0 Å². The van der Waals surface area contributed by atoms with E-state index in [4.69, 9.17) is 10.5 Å². The van der Waals surface area contributed by atoms with E-state index in [0.717, 1.165) is 11.4 Å². The third-order valence-electron chi connectivity index (χ3n) is 1.25. The first-order chi connectivity index (χ1) is 5.47. The highest BCUT2D eigenvalue weighted by Crippen LogP contribution is 2.21. The van der Waals surface area contributed by atoms with Crippen molar-refractivity contribution in [2.45, 2.75) is 18.8 Å². The van der Waals surface area contributed by atoms with Crippen LogP contribution in [0.4, 0.5) is 5.69 Å². The summed E-state index contributed by atoms with van der Waals surface area (Å²) >= 11 is 4.24. The van der Waals surface area contributed by atoms with Gasteiger partial charge in [0.1, 0.15) is 10.7 Å². The quantitative estimate of drug-likeness (QED) is 0.419. The maximum absolute atomic E-state index is 5.52. The van der Waals surface area contributed by atoms with Crippen molar-refractivity contribution in [1.82, 2.24) is 0 Å². The number of hydrogen-bond acceptors (Lipinski definition) is 3. The molecule has 0 fully saturated rings. The minimum absolute atomic E-state index is 0.448. The molecular formula is C9H13NOS. The highest BCUT2D eigenvalue weighted by Gasteiger charge is 2.11. The van der Waals surface area contributed by atoms with Crippen molar-refractivity contribution >= 4 is 18.3 Å². The monoisotopic (exact) mass is 183 g/mol. The summed E-state index contributed by atoms with van der Waals surface area (Å²) in [7, 11) is 0. The molecular weight excluding hydrogens is 170 g/mol. The van der Waals surface area contributed by atoms with Crippen molar-refractivity contribution in [3.63, 3.8) is 0 Å². The molecule has 2 N–H and O–H groups in total. The van der Waals surface area contributed by atoms with Crippen molar-refractivity contribution in [3.8, 4) is 5.75 Å². The Bertz CT molecular complexity index is 250. The van der Waals surface area contributed by atoms with E-state index in [1.807, 2.05) is 26.0 Å². The molecule has 1 aromatic rings. The highest BCUT2D eigenvalue weighted by molar-refractivity contribution is 7.81. The molecule has 0 saturated heterocycles. The van der Waals surface area contributed by atoms with Gasteiger partial charge in [0.05, 0.1) is 0 Å². The van der Waals surface area contributed by atoms with Crippen molar-refractivity contribution in [2.24, 2.45) is 0 Å². The van der Waals surface area contributed by atoms with Crippen LogP contribution < -0.4 is 10.5 Å². The van der Waals surface area contributed by atoms with Gasteiger partial charge in [-0.1, -0.05) is 0 Å². The van der Waals surface area contributed by atoms with E-state index < -0.39 is 4.93 Å². The first kappa shape index (κ1) is 9.26. The molecule has 3 heteroatoms. The zero-order valence-corrected chi connectivity index (χ0v) is 8.14. The molecule has 0 aliphatic heterocycles. The average Bonchev–Trinajstić information content (AvgIpc) is 1.91. The Balaban J connectivity index is 2.71. The van der Waals surface area contributed by atoms with E-state index in [2.05, 4.69) is 12.6 Å². The summed E-state index contributed by atoms with van der Waals surface area (Å²) in [5, 5.41) is 0. The Hall–Kier alpha value is -0.830. The predicted octanol–water partition coefficient (Wildman–Crippen LogP) is 2.31. The van der Waals surface area contributed by atoms with Gasteiger partial charge < -0.3 is 10.5 Å². The summed E-state index contributed by atoms with van der Waals surface area (Å²) in [6.07, 6.45) is 0. The Morgan fingerprint density at radius 2 is 1.75 bits per heavy atom. The van der Waals surface area contributed by atoms with Gasteiger partial charge in [-0.2, -0.15) is 0 Å². The molecule has 1 aromatic carbocycles. The first-order valence-electron chi connectivity index (χ1n) is 3.74. The summed E-state index contributed by atoms with van der Waals surface area (Å²) < 4.78 is 5.47. The predicted molar refractivity (Wildman–Crippen MR) is 54.5 cm³/mol. The third kappa shape index (κ3) is 3.05. The topological polar surface area (TPSA) is 35.2 Å². The van der Waals surface area contributed by atoms with E-state index >= 15 is 0 Å². The summed E-state index contributed by atoms with van der Waals surface area (Å²) in [5.41, 5.74) is 6.25. The highest BCUT2D eigenvalue weighted by atomic mass is 32.1. The first-order valence-corrected chi connectivity index (χ1v) is 4.19. The van der Waals surface area contributed by atoms with Crippen LogP contribution in [0.2, 0.25) is 0 Å². The standard InChI is InChI=1S/C9H13NOS/c1-9(2,12)11-8-5-3-7(10)4-6-8/h3-6,12H,10H2,1-2H3. The minimum atomic E-state index is -0.448. The van der Waals surface area contributed by atoms with Gasteiger partial charge in [0.15, 0.2) is 0 Å². The number of nitrogens with two attached hydrogens (primary N) is 1. The number of nitrogen functional groups attached to an aromatic ring is 1. The summed E-state index contributed by atoms with van der Waals surface area (Å²) in [6.45, 7) is 3.76. The number of hydrogen-bond donors (Lipinski definition) is 2. The second-order valence-electron chi connectivity index (χ2n) is 3.12. The molecule has 0 aliphatic rings. The lowest BCUT2D eigenvalue weighted by Crippen LogP contribution is -2.19. The normalized spacial score (nSPS) is 11.2. The van der Waals surface area contributed by atoms with E-state index in [-0.39, 0.29) is 0 Å². The summed E-state index contributed by atoms with van der Waals surface area (Å²) in [4.78, 5) is -0.448. The smallest absolute Gasteiger partial charge is 0.146 e. The summed E-state index contributed by atoms with van der Waals surface area (Å²) in [6, 6.07) is 7.25. The molecule has 12 heavy (non-hydrogen) atoms. The van der Waals surface area contributed by atoms with E-state index in [1.165, 1.54) is 0 Å². The fourth-order valence-electron chi connectivity index (χ4n) is 0.824. The van der Waals surface area contributed by atoms with Gasteiger partial charge in [0, 0.05) is 5.69 Å². The maximum Gasteiger partial charge on any atom is 0.146 e. The van der Waals surface area contributed by atoms with Crippen molar-refractivity contribution in [2.75, 3.05) is 5.73 Å². The molecule has 0 bridgehead atoms. The van der Waals surface area contributed by atoms with E-state index in [0.29, 0.717) is 0 Å². The maximum atomic E-state index is 5.52. The van der Waals surface area contributed by atoms with Crippen LogP contribution in [0.3, 0.4) is 0 Å². The Morgan fingerprint density at radius 3 is 2.17 bits per heavy atom. The molecule has 0 saturated carbocycles. The van der Waals surface area contributed by atoms with Crippen LogP contribution in [0.1, 0.15) is 13.8 Å². The van der Waals surface area contributed by atoms with Gasteiger partial charge in [-0.3, -0.25) is 0 Å². The number of thiol groups is 1. The van der Waals surface area contributed by atoms with Crippen LogP contribution in [-0.4, -0.2) is 4.93 Å². The lowest BCUT2D eigenvalue weighted by molar-refractivity contribution is 0.209. The minimum Gasteiger partial charge on any atom is -0.477 e. The lowest BCUT2D eigenvalue weighted by atomic mass is 10.3.